The molecule has 0 unspecified atom stereocenters. The summed E-state index contributed by atoms with van der Waals surface area (Å²) in [4.78, 5) is 8.36. The summed E-state index contributed by atoms with van der Waals surface area (Å²) in [6, 6.07) is 20.5. The molecule has 24 heavy (non-hydrogen) atoms. The first-order valence-electron chi connectivity index (χ1n) is 8.00. The van der Waals surface area contributed by atoms with Crippen LogP contribution in [-0.4, -0.2) is 9.97 Å². The molecule has 2 nitrogen and oxygen atoms in total. The lowest BCUT2D eigenvalue weighted by molar-refractivity contribution is 1.24. The number of nitrogens with one attached hydrogen (secondary N) is 1. The van der Waals surface area contributed by atoms with Crippen LogP contribution in [0.1, 0.15) is 12.7 Å². The summed E-state index contributed by atoms with van der Waals surface area (Å²) in [6.45, 7) is 5.74. The van der Waals surface area contributed by atoms with Gasteiger partial charge in [-0.05, 0) is 6.92 Å². The molecule has 3 aromatic rings. The zero-order chi connectivity index (χ0) is 16.8. The number of benzene rings is 2. The van der Waals surface area contributed by atoms with E-state index in [1.54, 1.807) is 6.08 Å². The molecule has 0 atom stereocenters. The van der Waals surface area contributed by atoms with Crippen LogP contribution < -0.4 is 0 Å². The third-order valence-electron chi connectivity index (χ3n) is 3.81. The number of allylic oxidation sites excluding steroid dienone is 5. The summed E-state index contributed by atoms with van der Waals surface area (Å²) in [7, 11) is 0. The van der Waals surface area contributed by atoms with Gasteiger partial charge in [-0.15, -0.1) is 0 Å². The zero-order valence-corrected chi connectivity index (χ0v) is 13.7. The van der Waals surface area contributed by atoms with Crippen molar-refractivity contribution in [2.45, 2.75) is 6.92 Å². The number of hydrogen-bond donors (Lipinski definition) is 1. The molecule has 2 aromatic carbocycles. The van der Waals surface area contributed by atoms with E-state index in [9.17, 15) is 0 Å². The van der Waals surface area contributed by atoms with Crippen molar-refractivity contribution in [3.63, 3.8) is 0 Å². The standard InChI is InChI=1S/C22H20N2/c1-3-5-12-17(4-2)22-23-20(18-13-8-6-9-14-18)21(24-22)19-15-10-7-11-16-19/h3-16H,1H2,2H3,(H,23,24)/b12-5-,17-4+. The van der Waals surface area contributed by atoms with Gasteiger partial charge in [-0.25, -0.2) is 4.98 Å². The Labute approximate surface area is 142 Å². The predicted octanol–water partition coefficient (Wildman–Crippen LogP) is 5.89. The Kier molecular flexibility index (Phi) is 4.87. The van der Waals surface area contributed by atoms with E-state index in [4.69, 9.17) is 4.98 Å². The van der Waals surface area contributed by atoms with Crippen LogP contribution in [0.15, 0.2) is 91.5 Å². The van der Waals surface area contributed by atoms with E-state index in [2.05, 4.69) is 35.8 Å². The van der Waals surface area contributed by atoms with Gasteiger partial charge in [0, 0.05) is 16.7 Å². The first-order valence-corrected chi connectivity index (χ1v) is 8.00. The highest BCUT2D eigenvalue weighted by Crippen LogP contribution is 2.31. The van der Waals surface area contributed by atoms with Crippen molar-refractivity contribution in [3.8, 4) is 22.5 Å². The first-order chi connectivity index (χ1) is 11.8. The summed E-state index contributed by atoms with van der Waals surface area (Å²) < 4.78 is 0. The lowest BCUT2D eigenvalue weighted by Gasteiger charge is -2.02. The SMILES string of the molecule is C=C/C=C\C(=C/C)c1nc(-c2ccccc2)c(-c2ccccc2)[nH]1. The highest BCUT2D eigenvalue weighted by atomic mass is 14.9. The molecule has 1 N–H and O–H groups in total. The maximum Gasteiger partial charge on any atom is 0.138 e. The third kappa shape index (κ3) is 3.28. The Morgan fingerprint density at radius 1 is 0.958 bits per heavy atom. The van der Waals surface area contributed by atoms with Crippen LogP contribution >= 0.6 is 0 Å². The fourth-order valence-corrected chi connectivity index (χ4v) is 2.61. The Morgan fingerprint density at radius 2 is 1.58 bits per heavy atom. The molecule has 118 valence electrons. The van der Waals surface area contributed by atoms with Crippen molar-refractivity contribution in [2.75, 3.05) is 0 Å². The minimum atomic E-state index is 0.855. The van der Waals surface area contributed by atoms with Gasteiger partial charge in [-0.2, -0.15) is 0 Å². The third-order valence-corrected chi connectivity index (χ3v) is 3.81. The van der Waals surface area contributed by atoms with Crippen molar-refractivity contribution < 1.29 is 0 Å². The number of rotatable bonds is 5. The Morgan fingerprint density at radius 3 is 2.17 bits per heavy atom. The molecule has 0 aliphatic rings. The number of aromatic amines is 1. The summed E-state index contributed by atoms with van der Waals surface area (Å²) in [5, 5.41) is 0. The molecule has 3 rings (SSSR count). The minimum absolute atomic E-state index is 0.855. The molecule has 2 heteroatoms. The molecule has 0 fully saturated rings. The second-order valence-electron chi connectivity index (χ2n) is 5.38. The van der Waals surface area contributed by atoms with Crippen LogP contribution in [0.3, 0.4) is 0 Å². The van der Waals surface area contributed by atoms with Crippen molar-refractivity contribution in [3.05, 3.63) is 97.4 Å². The van der Waals surface area contributed by atoms with E-state index in [0.29, 0.717) is 0 Å². The first kappa shape index (κ1) is 15.8. The molecule has 1 aromatic heterocycles. The summed E-state index contributed by atoms with van der Waals surface area (Å²) in [5.41, 5.74) is 5.25. The number of hydrogen-bond acceptors (Lipinski definition) is 1. The van der Waals surface area contributed by atoms with Gasteiger partial charge in [0.1, 0.15) is 5.82 Å². The van der Waals surface area contributed by atoms with Crippen LogP contribution in [0, 0.1) is 0 Å². The quantitative estimate of drug-likeness (QED) is 0.585. The number of aromatic nitrogens is 2. The fourth-order valence-electron chi connectivity index (χ4n) is 2.61. The van der Waals surface area contributed by atoms with Crippen LogP contribution in [-0.2, 0) is 0 Å². The van der Waals surface area contributed by atoms with Gasteiger partial charge in [-0.1, -0.05) is 91.5 Å². The van der Waals surface area contributed by atoms with E-state index in [1.165, 1.54) is 0 Å². The summed E-state index contributed by atoms with van der Waals surface area (Å²) in [6.07, 6.45) is 7.74. The molecule has 0 aliphatic heterocycles. The lowest BCUT2D eigenvalue weighted by atomic mass is 10.1. The minimum Gasteiger partial charge on any atom is -0.337 e. The van der Waals surface area contributed by atoms with Gasteiger partial charge in [0.25, 0.3) is 0 Å². The van der Waals surface area contributed by atoms with Gasteiger partial charge < -0.3 is 4.98 Å². The molecule has 0 saturated carbocycles. The molecule has 0 amide bonds. The number of imidazole rings is 1. The smallest absolute Gasteiger partial charge is 0.138 e. The number of nitrogens with zero attached hydrogens (tertiary/aromatic N) is 1. The highest BCUT2D eigenvalue weighted by molar-refractivity contribution is 5.82. The summed E-state index contributed by atoms with van der Waals surface area (Å²) in [5.74, 6) is 0.855. The van der Waals surface area contributed by atoms with Gasteiger partial charge in [0.15, 0.2) is 0 Å². The number of H-pyrrole nitrogens is 1. The zero-order valence-electron chi connectivity index (χ0n) is 13.7. The second kappa shape index (κ2) is 7.42. The van der Waals surface area contributed by atoms with Crippen molar-refractivity contribution in [1.82, 2.24) is 9.97 Å². The van der Waals surface area contributed by atoms with E-state index in [1.807, 2.05) is 61.5 Å². The van der Waals surface area contributed by atoms with Crippen LogP contribution in [0.5, 0.6) is 0 Å². The molecule has 1 heterocycles. The van der Waals surface area contributed by atoms with Crippen molar-refractivity contribution in [2.24, 2.45) is 0 Å². The van der Waals surface area contributed by atoms with Gasteiger partial charge >= 0.3 is 0 Å². The van der Waals surface area contributed by atoms with Crippen LogP contribution in [0.25, 0.3) is 28.1 Å². The largest absolute Gasteiger partial charge is 0.337 e. The van der Waals surface area contributed by atoms with E-state index in [-0.39, 0.29) is 0 Å². The molecular formula is C22H20N2. The van der Waals surface area contributed by atoms with Gasteiger partial charge in [0.2, 0.25) is 0 Å². The maximum atomic E-state index is 4.87. The van der Waals surface area contributed by atoms with Crippen LogP contribution in [0.2, 0.25) is 0 Å². The Balaban J connectivity index is 2.16. The molecular weight excluding hydrogens is 292 g/mol. The molecule has 0 spiro atoms. The Hall–Kier alpha value is -3.13. The lowest BCUT2D eigenvalue weighted by Crippen LogP contribution is -1.84. The highest BCUT2D eigenvalue weighted by Gasteiger charge is 2.14. The Bertz CT molecular complexity index is 812. The average molecular weight is 312 g/mol. The van der Waals surface area contributed by atoms with Gasteiger partial charge in [0.05, 0.1) is 11.4 Å². The fraction of sp³-hybridized carbons (Fsp3) is 0.0455. The van der Waals surface area contributed by atoms with Crippen molar-refractivity contribution >= 4 is 5.57 Å². The normalized spacial score (nSPS) is 11.8. The molecule has 0 radical (unpaired) electrons. The molecule has 0 bridgehead atoms. The average Bonchev–Trinajstić information content (AvgIpc) is 3.09. The monoisotopic (exact) mass is 312 g/mol. The molecule has 0 saturated heterocycles. The van der Waals surface area contributed by atoms with Crippen LogP contribution in [0.4, 0.5) is 0 Å². The van der Waals surface area contributed by atoms with E-state index >= 15 is 0 Å². The van der Waals surface area contributed by atoms with Crippen molar-refractivity contribution in [1.29, 1.82) is 0 Å². The van der Waals surface area contributed by atoms with E-state index < -0.39 is 0 Å². The maximum absolute atomic E-state index is 4.87. The molecule has 0 aliphatic carbocycles. The summed E-state index contributed by atoms with van der Waals surface area (Å²) >= 11 is 0. The predicted molar refractivity (Wildman–Crippen MR) is 102 cm³/mol. The van der Waals surface area contributed by atoms with E-state index in [0.717, 1.165) is 33.9 Å². The second-order valence-corrected chi connectivity index (χ2v) is 5.38. The topological polar surface area (TPSA) is 28.7 Å². The van der Waals surface area contributed by atoms with Gasteiger partial charge in [-0.3, -0.25) is 0 Å².